The van der Waals surface area contributed by atoms with Crippen LogP contribution in [0.2, 0.25) is 0 Å². The molecule has 0 amide bonds. The van der Waals surface area contributed by atoms with E-state index >= 15 is 0 Å². The molecule has 12 heavy (non-hydrogen) atoms. The van der Waals surface area contributed by atoms with Gasteiger partial charge in [-0.05, 0) is 34.1 Å². The molecule has 2 heteroatoms. The number of methoxy groups -OCH3 is 1. The Labute approximate surface area is 76.3 Å². The second kappa shape index (κ2) is 4.24. The Hall–Kier alpha value is -0.0800. The fourth-order valence-electron chi connectivity index (χ4n) is 0.530. The van der Waals surface area contributed by atoms with E-state index in [-0.39, 0.29) is 11.2 Å². The molecule has 0 saturated heterocycles. The van der Waals surface area contributed by atoms with Gasteiger partial charge in [-0.25, -0.2) is 0 Å². The van der Waals surface area contributed by atoms with E-state index in [2.05, 4.69) is 20.8 Å². The first-order valence-corrected chi connectivity index (χ1v) is 4.52. The van der Waals surface area contributed by atoms with Gasteiger partial charge in [0, 0.05) is 7.11 Å². The molecule has 0 rings (SSSR count). The number of rotatable bonds is 5. The quantitative estimate of drug-likeness (QED) is 0.638. The minimum atomic E-state index is -0.174. The zero-order chi connectivity index (χ0) is 9.83. The van der Waals surface area contributed by atoms with Crippen molar-refractivity contribution in [1.29, 1.82) is 0 Å². The van der Waals surface area contributed by atoms with Crippen LogP contribution in [0.1, 0.15) is 41.0 Å². The van der Waals surface area contributed by atoms with Gasteiger partial charge in [-0.1, -0.05) is 6.92 Å². The highest BCUT2D eigenvalue weighted by Gasteiger charge is 2.22. The molecule has 0 aromatic carbocycles. The van der Waals surface area contributed by atoms with Gasteiger partial charge in [0.2, 0.25) is 0 Å². The molecule has 0 aliphatic heterocycles. The van der Waals surface area contributed by atoms with Crippen molar-refractivity contribution in [3.05, 3.63) is 0 Å². The highest BCUT2D eigenvalue weighted by atomic mass is 16.5. The van der Waals surface area contributed by atoms with Crippen LogP contribution >= 0.6 is 0 Å². The average Bonchev–Trinajstić information content (AvgIpc) is 2.02. The van der Waals surface area contributed by atoms with E-state index < -0.39 is 0 Å². The van der Waals surface area contributed by atoms with Gasteiger partial charge in [0.25, 0.3) is 0 Å². The second-order valence-electron chi connectivity index (χ2n) is 4.37. The molecule has 0 spiro atoms. The smallest absolute Gasteiger partial charge is 0.0855 e. The topological polar surface area (TPSA) is 18.5 Å². The van der Waals surface area contributed by atoms with Gasteiger partial charge < -0.3 is 9.47 Å². The Balaban J connectivity index is 3.82. The summed E-state index contributed by atoms with van der Waals surface area (Å²) < 4.78 is 11.0. The van der Waals surface area contributed by atoms with Crippen LogP contribution in [0.4, 0.5) is 0 Å². The lowest BCUT2D eigenvalue weighted by Crippen LogP contribution is -2.35. The third-order valence-electron chi connectivity index (χ3n) is 2.21. The van der Waals surface area contributed by atoms with Crippen molar-refractivity contribution in [2.45, 2.75) is 52.2 Å². The van der Waals surface area contributed by atoms with Crippen molar-refractivity contribution in [2.24, 2.45) is 0 Å². The minimum absolute atomic E-state index is 0.0319. The summed E-state index contributed by atoms with van der Waals surface area (Å²) in [4.78, 5) is 0. The first kappa shape index (κ1) is 11.9. The predicted molar refractivity (Wildman–Crippen MR) is 51.4 cm³/mol. The van der Waals surface area contributed by atoms with E-state index in [9.17, 15) is 0 Å². The summed E-state index contributed by atoms with van der Waals surface area (Å²) in [5, 5.41) is 0. The van der Waals surface area contributed by atoms with E-state index in [1.54, 1.807) is 7.11 Å². The van der Waals surface area contributed by atoms with Crippen molar-refractivity contribution in [2.75, 3.05) is 13.7 Å². The summed E-state index contributed by atoms with van der Waals surface area (Å²) in [5.74, 6) is 0. The Kier molecular flexibility index (Phi) is 4.21. The number of hydrogen-bond acceptors (Lipinski definition) is 2. The van der Waals surface area contributed by atoms with Crippen LogP contribution in [-0.2, 0) is 9.47 Å². The van der Waals surface area contributed by atoms with E-state index in [1.165, 1.54) is 0 Å². The Morgan fingerprint density at radius 3 is 1.83 bits per heavy atom. The van der Waals surface area contributed by atoms with Gasteiger partial charge in [0.15, 0.2) is 0 Å². The molecule has 0 bridgehead atoms. The molecule has 0 N–H and O–H groups in total. The van der Waals surface area contributed by atoms with Crippen LogP contribution in [0.3, 0.4) is 0 Å². The summed E-state index contributed by atoms with van der Waals surface area (Å²) >= 11 is 0. The van der Waals surface area contributed by atoms with Crippen LogP contribution in [0.5, 0.6) is 0 Å². The summed E-state index contributed by atoms with van der Waals surface area (Å²) in [6.07, 6.45) is 1.02. The molecule has 0 aromatic rings. The van der Waals surface area contributed by atoms with Crippen molar-refractivity contribution < 1.29 is 9.47 Å². The third-order valence-corrected chi connectivity index (χ3v) is 2.21. The average molecular weight is 174 g/mol. The molecule has 0 unspecified atom stereocenters. The van der Waals surface area contributed by atoms with Gasteiger partial charge in [-0.2, -0.15) is 0 Å². The lowest BCUT2D eigenvalue weighted by atomic mass is 10.1. The summed E-state index contributed by atoms with van der Waals surface area (Å²) in [7, 11) is 1.71. The van der Waals surface area contributed by atoms with Gasteiger partial charge in [0.1, 0.15) is 0 Å². The Morgan fingerprint density at radius 2 is 1.50 bits per heavy atom. The molecule has 0 heterocycles. The highest BCUT2D eigenvalue weighted by Crippen LogP contribution is 2.17. The van der Waals surface area contributed by atoms with Crippen LogP contribution in [-0.4, -0.2) is 24.9 Å². The SMILES string of the molecule is CCC(C)(C)OCC(C)(C)OC. The van der Waals surface area contributed by atoms with Crippen LogP contribution in [0.25, 0.3) is 0 Å². The second-order valence-corrected chi connectivity index (χ2v) is 4.37. The van der Waals surface area contributed by atoms with Crippen LogP contribution in [0.15, 0.2) is 0 Å². The minimum Gasteiger partial charge on any atom is -0.376 e. The van der Waals surface area contributed by atoms with Gasteiger partial charge >= 0.3 is 0 Å². The molecule has 0 saturated carbocycles. The van der Waals surface area contributed by atoms with Gasteiger partial charge in [-0.15, -0.1) is 0 Å². The molecule has 0 aromatic heterocycles. The van der Waals surface area contributed by atoms with Gasteiger partial charge in [0.05, 0.1) is 17.8 Å². The normalized spacial score (nSPS) is 13.5. The predicted octanol–water partition coefficient (Wildman–Crippen LogP) is 2.62. The molecule has 2 nitrogen and oxygen atoms in total. The maximum Gasteiger partial charge on any atom is 0.0855 e. The lowest BCUT2D eigenvalue weighted by molar-refractivity contribution is -0.107. The molecule has 0 atom stereocenters. The molecular formula is C10H22O2. The molecule has 0 aliphatic rings. The lowest BCUT2D eigenvalue weighted by Gasteiger charge is -2.30. The first-order chi connectivity index (χ1) is 5.33. The molecule has 74 valence electrons. The van der Waals surface area contributed by atoms with Crippen molar-refractivity contribution in [3.63, 3.8) is 0 Å². The maximum absolute atomic E-state index is 5.71. The van der Waals surface area contributed by atoms with Crippen molar-refractivity contribution in [3.8, 4) is 0 Å². The number of hydrogen-bond donors (Lipinski definition) is 0. The molecular weight excluding hydrogens is 152 g/mol. The summed E-state index contributed by atoms with van der Waals surface area (Å²) in [6, 6.07) is 0. The third kappa shape index (κ3) is 4.73. The summed E-state index contributed by atoms with van der Waals surface area (Å²) in [6.45, 7) is 11.0. The van der Waals surface area contributed by atoms with Crippen molar-refractivity contribution in [1.82, 2.24) is 0 Å². The first-order valence-electron chi connectivity index (χ1n) is 4.52. The van der Waals surface area contributed by atoms with Crippen molar-refractivity contribution >= 4 is 0 Å². The molecule has 0 aliphatic carbocycles. The molecule has 0 fully saturated rings. The Morgan fingerprint density at radius 1 is 1.00 bits per heavy atom. The standard InChI is InChI=1S/C10H22O2/c1-7-9(2,3)12-8-10(4,5)11-6/h7-8H2,1-6H3. The van der Waals surface area contributed by atoms with Gasteiger partial charge in [-0.3, -0.25) is 0 Å². The molecule has 0 radical (unpaired) electrons. The van der Waals surface area contributed by atoms with E-state index in [4.69, 9.17) is 9.47 Å². The van der Waals surface area contributed by atoms with E-state index in [0.717, 1.165) is 6.42 Å². The van der Waals surface area contributed by atoms with E-state index in [1.807, 2.05) is 13.8 Å². The number of ether oxygens (including phenoxy) is 2. The van der Waals surface area contributed by atoms with Crippen LogP contribution in [0, 0.1) is 0 Å². The maximum atomic E-state index is 5.71. The summed E-state index contributed by atoms with van der Waals surface area (Å²) in [5.41, 5.74) is -0.206. The van der Waals surface area contributed by atoms with E-state index in [0.29, 0.717) is 6.61 Å². The highest BCUT2D eigenvalue weighted by molar-refractivity contribution is 4.71. The zero-order valence-corrected chi connectivity index (χ0v) is 9.23. The zero-order valence-electron chi connectivity index (χ0n) is 9.23. The Bertz CT molecular complexity index is 112. The monoisotopic (exact) mass is 174 g/mol. The fraction of sp³-hybridized carbons (Fsp3) is 1.00. The largest absolute Gasteiger partial charge is 0.376 e. The van der Waals surface area contributed by atoms with Crippen LogP contribution < -0.4 is 0 Å². The fourth-order valence-corrected chi connectivity index (χ4v) is 0.530.